The van der Waals surface area contributed by atoms with E-state index in [4.69, 9.17) is 4.42 Å². The fourth-order valence-corrected chi connectivity index (χ4v) is 4.35. The first-order valence-corrected chi connectivity index (χ1v) is 10.7. The van der Waals surface area contributed by atoms with Crippen LogP contribution in [-0.4, -0.2) is 22.5 Å². The molecule has 0 aliphatic heterocycles. The van der Waals surface area contributed by atoms with E-state index >= 15 is 0 Å². The molecule has 0 fully saturated rings. The number of aryl methyl sites for hydroxylation is 1. The van der Waals surface area contributed by atoms with E-state index in [-0.39, 0.29) is 0 Å². The number of para-hydroxylation sites is 1. The lowest BCUT2D eigenvalue weighted by atomic mass is 10.3. The fourth-order valence-electron chi connectivity index (χ4n) is 2.70. The molecule has 0 amide bonds. The van der Waals surface area contributed by atoms with Crippen LogP contribution >= 0.6 is 22.7 Å². The zero-order valence-corrected chi connectivity index (χ0v) is 17.4. The molecule has 0 radical (unpaired) electrons. The van der Waals surface area contributed by atoms with Gasteiger partial charge in [-0.05, 0) is 38.1 Å². The Bertz CT molecular complexity index is 1060. The number of furan rings is 1. The highest BCUT2D eigenvalue weighted by molar-refractivity contribution is 7.21. The van der Waals surface area contributed by atoms with E-state index in [9.17, 15) is 0 Å². The summed E-state index contributed by atoms with van der Waals surface area (Å²) >= 11 is 3.32. The Morgan fingerprint density at radius 1 is 1.14 bits per heavy atom. The Kier molecular flexibility index (Phi) is 5.68. The van der Waals surface area contributed by atoms with Crippen LogP contribution in [0.5, 0.6) is 0 Å². The van der Waals surface area contributed by atoms with Gasteiger partial charge in [-0.2, -0.15) is 0 Å². The van der Waals surface area contributed by atoms with Crippen molar-refractivity contribution in [2.45, 2.75) is 26.9 Å². The third kappa shape index (κ3) is 4.40. The van der Waals surface area contributed by atoms with E-state index in [0.29, 0.717) is 13.1 Å². The SMILES string of the molecule is CCNC(=NCc1ccc(-c2nc3ccccc3s2)o1)NCc1ncc(C)s1. The number of guanidine groups is 1. The molecule has 8 heteroatoms. The van der Waals surface area contributed by atoms with Crippen LogP contribution in [0.15, 0.2) is 52.0 Å². The number of nitrogens with zero attached hydrogens (tertiary/aromatic N) is 3. The molecule has 0 aliphatic rings. The van der Waals surface area contributed by atoms with Crippen LogP contribution in [0, 0.1) is 6.92 Å². The maximum atomic E-state index is 5.97. The number of hydrogen-bond acceptors (Lipinski definition) is 6. The largest absolute Gasteiger partial charge is 0.457 e. The first kappa shape index (κ1) is 18.6. The van der Waals surface area contributed by atoms with Gasteiger partial charge in [0, 0.05) is 17.6 Å². The summed E-state index contributed by atoms with van der Waals surface area (Å²) in [5, 5.41) is 8.49. The van der Waals surface area contributed by atoms with Crippen LogP contribution in [0.25, 0.3) is 21.0 Å². The molecule has 0 saturated carbocycles. The van der Waals surface area contributed by atoms with Gasteiger partial charge >= 0.3 is 0 Å². The maximum absolute atomic E-state index is 5.97. The van der Waals surface area contributed by atoms with E-state index < -0.39 is 0 Å². The Labute approximate surface area is 171 Å². The summed E-state index contributed by atoms with van der Waals surface area (Å²) in [5.41, 5.74) is 0.995. The highest BCUT2D eigenvalue weighted by Gasteiger charge is 2.10. The lowest BCUT2D eigenvalue weighted by Gasteiger charge is -2.09. The zero-order chi connectivity index (χ0) is 19.3. The molecule has 144 valence electrons. The van der Waals surface area contributed by atoms with Gasteiger partial charge in [-0.1, -0.05) is 12.1 Å². The van der Waals surface area contributed by atoms with E-state index in [2.05, 4.69) is 38.6 Å². The molecule has 0 atom stereocenters. The highest BCUT2D eigenvalue weighted by Crippen LogP contribution is 2.31. The lowest BCUT2D eigenvalue weighted by molar-refractivity contribution is 0.524. The van der Waals surface area contributed by atoms with Gasteiger partial charge in [-0.25, -0.2) is 15.0 Å². The molecule has 3 aromatic heterocycles. The zero-order valence-electron chi connectivity index (χ0n) is 15.7. The summed E-state index contributed by atoms with van der Waals surface area (Å²) in [4.78, 5) is 14.8. The normalized spacial score (nSPS) is 11.9. The molecular formula is C20H21N5OS2. The van der Waals surface area contributed by atoms with Crippen LogP contribution in [-0.2, 0) is 13.1 Å². The number of thiazole rings is 2. The summed E-state index contributed by atoms with van der Waals surface area (Å²) in [6.45, 7) is 6.00. The third-order valence-electron chi connectivity index (χ3n) is 3.98. The number of nitrogens with one attached hydrogen (secondary N) is 2. The lowest BCUT2D eigenvalue weighted by Crippen LogP contribution is -2.36. The smallest absolute Gasteiger partial charge is 0.192 e. The predicted molar refractivity (Wildman–Crippen MR) is 116 cm³/mol. The van der Waals surface area contributed by atoms with Crippen molar-refractivity contribution in [3.8, 4) is 10.8 Å². The van der Waals surface area contributed by atoms with Crippen LogP contribution < -0.4 is 10.6 Å². The van der Waals surface area contributed by atoms with Crippen molar-refractivity contribution >= 4 is 38.8 Å². The minimum Gasteiger partial charge on any atom is -0.457 e. The third-order valence-corrected chi connectivity index (χ3v) is 5.94. The van der Waals surface area contributed by atoms with E-state index in [1.54, 1.807) is 22.7 Å². The number of hydrogen-bond donors (Lipinski definition) is 2. The molecule has 2 N–H and O–H groups in total. The molecule has 0 saturated heterocycles. The molecule has 0 unspecified atom stereocenters. The molecule has 28 heavy (non-hydrogen) atoms. The maximum Gasteiger partial charge on any atom is 0.192 e. The molecule has 0 spiro atoms. The molecule has 6 nitrogen and oxygen atoms in total. The van der Waals surface area contributed by atoms with Crippen molar-refractivity contribution in [3.05, 3.63) is 58.2 Å². The molecule has 0 bridgehead atoms. The monoisotopic (exact) mass is 411 g/mol. The Morgan fingerprint density at radius 3 is 2.82 bits per heavy atom. The highest BCUT2D eigenvalue weighted by atomic mass is 32.1. The van der Waals surface area contributed by atoms with Crippen molar-refractivity contribution in [1.29, 1.82) is 0 Å². The van der Waals surface area contributed by atoms with Crippen LogP contribution in [0.1, 0.15) is 22.6 Å². The second-order valence-corrected chi connectivity index (χ2v) is 8.52. The summed E-state index contributed by atoms with van der Waals surface area (Å²) in [5.74, 6) is 2.33. The first-order valence-electron chi connectivity index (χ1n) is 9.09. The van der Waals surface area contributed by atoms with Crippen molar-refractivity contribution in [2.75, 3.05) is 6.54 Å². The molecular weight excluding hydrogens is 390 g/mol. The van der Waals surface area contributed by atoms with Crippen molar-refractivity contribution < 1.29 is 4.42 Å². The molecule has 1 aromatic carbocycles. The van der Waals surface area contributed by atoms with E-state index in [1.165, 1.54) is 4.88 Å². The molecule has 3 heterocycles. The Morgan fingerprint density at radius 2 is 2.04 bits per heavy atom. The number of rotatable bonds is 6. The summed E-state index contributed by atoms with van der Waals surface area (Å²) in [6.07, 6.45) is 1.89. The summed E-state index contributed by atoms with van der Waals surface area (Å²) in [7, 11) is 0. The minimum absolute atomic E-state index is 0.455. The minimum atomic E-state index is 0.455. The van der Waals surface area contributed by atoms with Crippen molar-refractivity contribution in [3.63, 3.8) is 0 Å². The standard InChI is InChI=1S/C20H21N5OS2/c1-3-21-20(24-12-18-22-10-13(2)27-18)23-11-14-8-9-16(26-14)19-25-15-6-4-5-7-17(15)28-19/h4-10H,3,11-12H2,1-2H3,(H2,21,23,24). The van der Waals surface area contributed by atoms with Gasteiger partial charge in [0.1, 0.15) is 17.3 Å². The molecule has 4 rings (SSSR count). The van der Waals surface area contributed by atoms with Crippen LogP contribution in [0.3, 0.4) is 0 Å². The number of fused-ring (bicyclic) bond motifs is 1. The van der Waals surface area contributed by atoms with Gasteiger partial charge < -0.3 is 15.1 Å². The van der Waals surface area contributed by atoms with Gasteiger partial charge in [0.15, 0.2) is 16.7 Å². The van der Waals surface area contributed by atoms with Crippen LogP contribution in [0.2, 0.25) is 0 Å². The average molecular weight is 412 g/mol. The van der Waals surface area contributed by atoms with Gasteiger partial charge in [-0.15, -0.1) is 22.7 Å². The fraction of sp³-hybridized carbons (Fsp3) is 0.250. The number of benzene rings is 1. The number of aliphatic imine (C=N–C) groups is 1. The van der Waals surface area contributed by atoms with Crippen molar-refractivity contribution in [2.24, 2.45) is 4.99 Å². The Hall–Kier alpha value is -2.71. The van der Waals surface area contributed by atoms with Gasteiger partial charge in [-0.3, -0.25) is 0 Å². The van der Waals surface area contributed by atoms with Gasteiger partial charge in [0.25, 0.3) is 0 Å². The summed E-state index contributed by atoms with van der Waals surface area (Å²) in [6, 6.07) is 12.0. The van der Waals surface area contributed by atoms with Gasteiger partial charge in [0.2, 0.25) is 0 Å². The molecule has 0 aliphatic carbocycles. The van der Waals surface area contributed by atoms with Crippen LogP contribution in [0.4, 0.5) is 0 Å². The predicted octanol–water partition coefficient (Wildman–Crippen LogP) is 4.58. The second kappa shape index (κ2) is 8.53. The first-order chi connectivity index (χ1) is 13.7. The van der Waals surface area contributed by atoms with Crippen molar-refractivity contribution in [1.82, 2.24) is 20.6 Å². The average Bonchev–Trinajstić information content (AvgIpc) is 3.42. The second-order valence-electron chi connectivity index (χ2n) is 6.17. The van der Waals surface area contributed by atoms with E-state index in [0.717, 1.165) is 44.3 Å². The Balaban J connectivity index is 1.43. The van der Waals surface area contributed by atoms with Gasteiger partial charge in [0.05, 0.1) is 16.8 Å². The topological polar surface area (TPSA) is 75.3 Å². The number of aromatic nitrogens is 2. The van der Waals surface area contributed by atoms with E-state index in [1.807, 2.05) is 43.5 Å². The molecule has 4 aromatic rings. The quantitative estimate of drug-likeness (QED) is 0.359. The summed E-state index contributed by atoms with van der Waals surface area (Å²) < 4.78 is 7.13.